The van der Waals surface area contributed by atoms with Gasteiger partial charge in [0.2, 0.25) is 5.82 Å². The van der Waals surface area contributed by atoms with Gasteiger partial charge in [0.05, 0.1) is 0 Å². The second-order valence-corrected chi connectivity index (χ2v) is 4.46. The van der Waals surface area contributed by atoms with Crippen LogP contribution >= 0.6 is 0 Å². The second-order valence-electron chi connectivity index (χ2n) is 4.46. The molecule has 0 aliphatic heterocycles. The molecule has 21 heavy (non-hydrogen) atoms. The molecule has 0 saturated heterocycles. The molecule has 0 radical (unpaired) electrons. The summed E-state index contributed by atoms with van der Waals surface area (Å²) in [5, 5.41) is 21.0. The van der Waals surface area contributed by atoms with Gasteiger partial charge in [-0.25, -0.2) is 8.78 Å². The number of aromatic amines is 1. The molecule has 3 aromatic heterocycles. The number of aromatic nitrogens is 6. The van der Waals surface area contributed by atoms with E-state index in [0.29, 0.717) is 18.0 Å². The zero-order valence-corrected chi connectivity index (χ0v) is 11.0. The van der Waals surface area contributed by atoms with Crippen LogP contribution in [-0.4, -0.2) is 36.6 Å². The van der Waals surface area contributed by atoms with Crippen molar-refractivity contribution in [2.75, 3.05) is 11.9 Å². The Bertz CT molecular complexity index is 708. The van der Waals surface area contributed by atoms with Crippen LogP contribution in [0.4, 0.5) is 14.6 Å². The topological polar surface area (TPSA) is 83.8 Å². The Hall–Kier alpha value is -2.58. The lowest BCUT2D eigenvalue weighted by molar-refractivity contribution is 0.137. The number of aryl methyl sites for hydroxylation is 1. The van der Waals surface area contributed by atoms with Gasteiger partial charge in [-0.3, -0.25) is 5.10 Å². The minimum absolute atomic E-state index is 0.299. The van der Waals surface area contributed by atoms with Crippen molar-refractivity contribution >= 4 is 11.5 Å². The number of halogens is 2. The van der Waals surface area contributed by atoms with Gasteiger partial charge in [-0.05, 0) is 31.0 Å². The number of hydrogen-bond donors (Lipinski definition) is 2. The third-order valence-corrected chi connectivity index (χ3v) is 2.97. The number of fused-ring (bicyclic) bond motifs is 1. The monoisotopic (exact) mass is 293 g/mol. The summed E-state index contributed by atoms with van der Waals surface area (Å²) in [5.74, 6) is 0.0555. The van der Waals surface area contributed by atoms with E-state index in [4.69, 9.17) is 0 Å². The molecule has 9 heteroatoms. The van der Waals surface area contributed by atoms with Gasteiger partial charge in [0.1, 0.15) is 5.82 Å². The van der Waals surface area contributed by atoms with E-state index in [1.54, 1.807) is 18.3 Å². The fourth-order valence-electron chi connectivity index (χ4n) is 1.96. The van der Waals surface area contributed by atoms with Gasteiger partial charge in [0.15, 0.2) is 5.65 Å². The van der Waals surface area contributed by atoms with E-state index in [0.717, 1.165) is 23.1 Å². The molecule has 0 atom stereocenters. The number of hydrogen-bond acceptors (Lipinski definition) is 5. The maximum Gasteiger partial charge on any atom is 0.299 e. The highest BCUT2D eigenvalue weighted by Crippen LogP contribution is 2.17. The van der Waals surface area contributed by atoms with Gasteiger partial charge in [0.25, 0.3) is 6.43 Å². The van der Waals surface area contributed by atoms with Crippen LogP contribution in [0.15, 0.2) is 24.4 Å². The first-order chi connectivity index (χ1) is 10.2. The van der Waals surface area contributed by atoms with Crippen molar-refractivity contribution in [1.29, 1.82) is 0 Å². The summed E-state index contributed by atoms with van der Waals surface area (Å²) in [4.78, 5) is 0. The summed E-state index contributed by atoms with van der Waals surface area (Å²) < 4.78 is 26.5. The molecule has 0 saturated carbocycles. The van der Waals surface area contributed by atoms with Crippen molar-refractivity contribution in [1.82, 2.24) is 30.0 Å². The zero-order chi connectivity index (χ0) is 14.7. The summed E-state index contributed by atoms with van der Waals surface area (Å²) in [6.45, 7) is 0.670. The van der Waals surface area contributed by atoms with E-state index in [-0.39, 0.29) is 0 Å². The second kappa shape index (κ2) is 5.81. The number of nitrogens with zero attached hydrogens (tertiary/aromatic N) is 5. The van der Waals surface area contributed by atoms with E-state index in [2.05, 4.69) is 30.8 Å². The van der Waals surface area contributed by atoms with Crippen molar-refractivity contribution < 1.29 is 8.78 Å². The standard InChI is InChI=1S/C12H13F2N7/c13-11(14)12-19-18-10-4-3-9(20-21(10)12)15-6-1-2-8-5-7-16-17-8/h3-5,7,11H,1-2,6H2,(H,15,20)(H,16,17). The number of alkyl halides is 2. The lowest BCUT2D eigenvalue weighted by Gasteiger charge is -2.05. The molecular weight excluding hydrogens is 280 g/mol. The molecule has 3 heterocycles. The number of H-pyrrole nitrogens is 1. The van der Waals surface area contributed by atoms with E-state index < -0.39 is 12.2 Å². The highest BCUT2D eigenvalue weighted by Gasteiger charge is 2.16. The highest BCUT2D eigenvalue weighted by atomic mass is 19.3. The van der Waals surface area contributed by atoms with Crippen molar-refractivity contribution in [3.05, 3.63) is 35.9 Å². The molecule has 0 aromatic carbocycles. The highest BCUT2D eigenvalue weighted by molar-refractivity contribution is 5.43. The summed E-state index contributed by atoms with van der Waals surface area (Å²) in [5.41, 5.74) is 1.35. The Morgan fingerprint density at radius 2 is 2.14 bits per heavy atom. The number of anilines is 1. The summed E-state index contributed by atoms with van der Waals surface area (Å²) in [6.07, 6.45) is 0.717. The quantitative estimate of drug-likeness (QED) is 0.677. The smallest absolute Gasteiger partial charge is 0.299 e. The molecular formula is C12H13F2N7. The third kappa shape index (κ3) is 2.96. The van der Waals surface area contributed by atoms with Gasteiger partial charge in [0, 0.05) is 18.4 Å². The van der Waals surface area contributed by atoms with E-state index in [1.165, 1.54) is 0 Å². The first kappa shape index (κ1) is 13.4. The lowest BCUT2D eigenvalue weighted by atomic mass is 10.2. The van der Waals surface area contributed by atoms with E-state index in [1.807, 2.05) is 6.07 Å². The SMILES string of the molecule is FC(F)c1nnc2ccc(NCCCc3ccn[nH]3)nn12. The van der Waals surface area contributed by atoms with Crippen LogP contribution < -0.4 is 5.32 Å². The van der Waals surface area contributed by atoms with Crippen LogP contribution in [0, 0.1) is 0 Å². The summed E-state index contributed by atoms with van der Waals surface area (Å²) in [6, 6.07) is 5.20. The molecule has 0 unspecified atom stereocenters. The maximum atomic E-state index is 12.7. The van der Waals surface area contributed by atoms with Crippen LogP contribution in [0.3, 0.4) is 0 Å². The summed E-state index contributed by atoms with van der Waals surface area (Å²) >= 11 is 0. The van der Waals surface area contributed by atoms with E-state index >= 15 is 0 Å². The maximum absolute atomic E-state index is 12.7. The third-order valence-electron chi connectivity index (χ3n) is 2.97. The molecule has 110 valence electrons. The minimum atomic E-state index is -2.71. The van der Waals surface area contributed by atoms with Gasteiger partial charge < -0.3 is 5.32 Å². The van der Waals surface area contributed by atoms with Crippen molar-refractivity contribution in [3.63, 3.8) is 0 Å². The largest absolute Gasteiger partial charge is 0.369 e. The fraction of sp³-hybridized carbons (Fsp3) is 0.333. The lowest BCUT2D eigenvalue weighted by Crippen LogP contribution is -2.08. The Morgan fingerprint density at radius 3 is 2.90 bits per heavy atom. The Kier molecular flexibility index (Phi) is 3.71. The molecule has 0 spiro atoms. The first-order valence-electron chi connectivity index (χ1n) is 6.46. The van der Waals surface area contributed by atoms with Gasteiger partial charge >= 0.3 is 0 Å². The van der Waals surface area contributed by atoms with Crippen molar-refractivity contribution in [3.8, 4) is 0 Å². The summed E-state index contributed by atoms with van der Waals surface area (Å²) in [7, 11) is 0. The van der Waals surface area contributed by atoms with Gasteiger partial charge in [-0.15, -0.1) is 15.3 Å². The molecule has 7 nitrogen and oxygen atoms in total. The van der Waals surface area contributed by atoms with Crippen LogP contribution in [-0.2, 0) is 6.42 Å². The Balaban J connectivity index is 1.62. The Morgan fingerprint density at radius 1 is 1.24 bits per heavy atom. The normalized spacial score (nSPS) is 11.4. The molecule has 3 aromatic rings. The predicted molar refractivity (Wildman–Crippen MR) is 71.1 cm³/mol. The molecule has 0 fully saturated rings. The Labute approximate surface area is 118 Å². The van der Waals surface area contributed by atoms with Crippen molar-refractivity contribution in [2.45, 2.75) is 19.3 Å². The minimum Gasteiger partial charge on any atom is -0.369 e. The first-order valence-corrected chi connectivity index (χ1v) is 6.46. The average Bonchev–Trinajstić information content (AvgIpc) is 3.12. The molecule has 0 bridgehead atoms. The van der Waals surface area contributed by atoms with Gasteiger partial charge in [-0.1, -0.05) is 0 Å². The number of nitrogens with one attached hydrogen (secondary N) is 2. The predicted octanol–water partition coefficient (Wildman–Crippen LogP) is 1.83. The average molecular weight is 293 g/mol. The van der Waals surface area contributed by atoms with E-state index in [9.17, 15) is 8.78 Å². The molecule has 2 N–H and O–H groups in total. The van der Waals surface area contributed by atoms with Crippen LogP contribution in [0.5, 0.6) is 0 Å². The van der Waals surface area contributed by atoms with Crippen LogP contribution in [0.25, 0.3) is 5.65 Å². The molecule has 3 rings (SSSR count). The van der Waals surface area contributed by atoms with Crippen LogP contribution in [0.2, 0.25) is 0 Å². The number of rotatable bonds is 6. The molecule has 0 aliphatic rings. The molecule has 0 aliphatic carbocycles. The van der Waals surface area contributed by atoms with Gasteiger partial charge in [-0.2, -0.15) is 9.61 Å². The molecule has 0 amide bonds. The van der Waals surface area contributed by atoms with Crippen molar-refractivity contribution in [2.24, 2.45) is 0 Å². The fourth-order valence-corrected chi connectivity index (χ4v) is 1.96. The van der Waals surface area contributed by atoms with Crippen LogP contribution in [0.1, 0.15) is 24.4 Å². The zero-order valence-electron chi connectivity index (χ0n) is 11.0.